The van der Waals surface area contributed by atoms with Crippen LogP contribution < -0.4 is 5.73 Å². The van der Waals surface area contributed by atoms with Crippen LogP contribution in [0.1, 0.15) is 56.6 Å². The van der Waals surface area contributed by atoms with E-state index in [2.05, 4.69) is 86.3 Å². The van der Waals surface area contributed by atoms with E-state index in [1.165, 1.54) is 51.0 Å². The Morgan fingerprint density at radius 2 is 1.30 bits per heavy atom. The molecule has 0 amide bonds. The van der Waals surface area contributed by atoms with Crippen LogP contribution in [-0.2, 0) is 0 Å². The van der Waals surface area contributed by atoms with Crippen molar-refractivity contribution in [2.75, 3.05) is 0 Å². The van der Waals surface area contributed by atoms with E-state index in [0.29, 0.717) is 0 Å². The first-order valence-corrected chi connectivity index (χ1v) is 11.0. The monoisotopic (exact) mass is 393 g/mol. The van der Waals surface area contributed by atoms with Crippen LogP contribution in [-0.4, -0.2) is 0 Å². The molecule has 2 aliphatic rings. The molecule has 0 heterocycles. The van der Waals surface area contributed by atoms with Crippen molar-refractivity contribution in [1.29, 1.82) is 0 Å². The Bertz CT molecular complexity index is 1050. The van der Waals surface area contributed by atoms with Crippen molar-refractivity contribution in [3.63, 3.8) is 0 Å². The highest BCUT2D eigenvalue weighted by Gasteiger charge is 2.22. The van der Waals surface area contributed by atoms with E-state index in [0.717, 1.165) is 37.8 Å². The molecule has 0 atom stereocenters. The van der Waals surface area contributed by atoms with Gasteiger partial charge in [-0.2, -0.15) is 0 Å². The predicted molar refractivity (Wildman–Crippen MR) is 130 cm³/mol. The van der Waals surface area contributed by atoms with Crippen molar-refractivity contribution in [2.45, 2.75) is 45.4 Å². The third-order valence-electron chi connectivity index (χ3n) is 6.36. The minimum absolute atomic E-state index is 0.974. The lowest BCUT2D eigenvalue weighted by Crippen LogP contribution is -2.14. The van der Waals surface area contributed by atoms with Crippen molar-refractivity contribution in [1.82, 2.24) is 0 Å². The third-order valence-corrected chi connectivity index (χ3v) is 6.36. The minimum Gasteiger partial charge on any atom is -0.398 e. The molecule has 30 heavy (non-hydrogen) atoms. The van der Waals surface area contributed by atoms with E-state index in [9.17, 15) is 0 Å². The maximum atomic E-state index is 6.72. The van der Waals surface area contributed by atoms with Gasteiger partial charge >= 0.3 is 0 Å². The van der Waals surface area contributed by atoms with Crippen LogP contribution in [0.4, 0.5) is 0 Å². The number of hydrogen-bond donors (Lipinski definition) is 1. The van der Waals surface area contributed by atoms with Crippen LogP contribution >= 0.6 is 0 Å². The van der Waals surface area contributed by atoms with Gasteiger partial charge in [0.15, 0.2) is 0 Å². The Balaban J connectivity index is 1.68. The van der Waals surface area contributed by atoms with Gasteiger partial charge in [-0.25, -0.2) is 0 Å². The summed E-state index contributed by atoms with van der Waals surface area (Å²) in [6.45, 7) is 6.75. The van der Waals surface area contributed by atoms with Crippen molar-refractivity contribution >= 4 is 12.2 Å². The van der Waals surface area contributed by atoms with Gasteiger partial charge in [-0.15, -0.1) is 0 Å². The Labute approximate surface area is 181 Å². The van der Waals surface area contributed by atoms with Crippen molar-refractivity contribution in [3.8, 4) is 0 Å². The van der Waals surface area contributed by atoms with Gasteiger partial charge in [-0.3, -0.25) is 0 Å². The van der Waals surface area contributed by atoms with Crippen molar-refractivity contribution < 1.29 is 0 Å². The highest BCUT2D eigenvalue weighted by molar-refractivity contribution is 5.66. The number of benzene rings is 2. The summed E-state index contributed by atoms with van der Waals surface area (Å²) in [7, 11) is 0. The molecule has 2 aliphatic carbocycles. The van der Waals surface area contributed by atoms with Gasteiger partial charge < -0.3 is 5.73 Å². The van der Waals surface area contributed by atoms with Gasteiger partial charge in [0.2, 0.25) is 0 Å². The largest absolute Gasteiger partial charge is 0.398 e. The topological polar surface area (TPSA) is 26.0 Å². The first-order valence-electron chi connectivity index (χ1n) is 11.0. The molecule has 1 fully saturated rings. The summed E-state index contributed by atoms with van der Waals surface area (Å²) in [6, 6.07) is 21.1. The fraction of sp³-hybridized carbons (Fsp3) is 0.241. The molecular formula is C29H31N. The lowest BCUT2D eigenvalue weighted by atomic mass is 9.79. The summed E-state index contributed by atoms with van der Waals surface area (Å²) in [5, 5.41) is 0. The van der Waals surface area contributed by atoms with Gasteiger partial charge in [0, 0.05) is 5.70 Å². The Kier molecular flexibility index (Phi) is 6.18. The van der Waals surface area contributed by atoms with E-state index in [4.69, 9.17) is 5.73 Å². The van der Waals surface area contributed by atoms with Gasteiger partial charge in [-0.05, 0) is 96.1 Å². The predicted octanol–water partition coefficient (Wildman–Crippen LogP) is 7.61. The molecule has 1 heteroatoms. The van der Waals surface area contributed by atoms with Crippen molar-refractivity contribution in [2.24, 2.45) is 5.73 Å². The Hall–Kier alpha value is -3.06. The van der Waals surface area contributed by atoms with E-state index in [1.807, 2.05) is 0 Å². The fourth-order valence-corrected chi connectivity index (χ4v) is 4.67. The number of allylic oxidation sites excluding steroid dienone is 6. The maximum Gasteiger partial charge on any atom is 0.0382 e. The van der Waals surface area contributed by atoms with E-state index in [1.54, 1.807) is 0 Å². The Morgan fingerprint density at radius 1 is 0.767 bits per heavy atom. The smallest absolute Gasteiger partial charge is 0.0382 e. The van der Waals surface area contributed by atoms with E-state index in [-0.39, 0.29) is 0 Å². The number of nitrogens with two attached hydrogens (primary N) is 1. The average molecular weight is 394 g/mol. The van der Waals surface area contributed by atoms with Gasteiger partial charge in [0.1, 0.15) is 0 Å². The minimum atomic E-state index is 0.974. The first kappa shape index (κ1) is 20.2. The molecule has 2 aromatic carbocycles. The normalized spacial score (nSPS) is 22.0. The summed E-state index contributed by atoms with van der Waals surface area (Å²) < 4.78 is 0. The summed E-state index contributed by atoms with van der Waals surface area (Å²) in [6.07, 6.45) is 11.2. The fourth-order valence-electron chi connectivity index (χ4n) is 4.67. The molecule has 0 aromatic heterocycles. The van der Waals surface area contributed by atoms with Crippen LogP contribution in [0.5, 0.6) is 0 Å². The zero-order valence-corrected chi connectivity index (χ0v) is 18.0. The van der Waals surface area contributed by atoms with Crippen LogP contribution in [0.2, 0.25) is 0 Å². The molecule has 4 rings (SSSR count). The van der Waals surface area contributed by atoms with Crippen LogP contribution in [0.25, 0.3) is 12.2 Å². The second-order valence-corrected chi connectivity index (χ2v) is 8.34. The van der Waals surface area contributed by atoms with Gasteiger partial charge in [-0.1, -0.05) is 73.3 Å². The summed E-state index contributed by atoms with van der Waals surface area (Å²) in [5.74, 6) is 0. The molecule has 0 spiro atoms. The molecule has 0 saturated heterocycles. The molecule has 1 nitrogen and oxygen atoms in total. The molecule has 2 aromatic rings. The molecule has 2 N–H and O–H groups in total. The summed E-state index contributed by atoms with van der Waals surface area (Å²) in [5.41, 5.74) is 18.0. The van der Waals surface area contributed by atoms with Crippen LogP contribution in [0, 0.1) is 0 Å². The highest BCUT2D eigenvalue weighted by Crippen LogP contribution is 2.40. The highest BCUT2D eigenvalue weighted by atomic mass is 14.6. The lowest BCUT2D eigenvalue weighted by molar-refractivity contribution is 0.745. The quantitative estimate of drug-likeness (QED) is 0.570. The summed E-state index contributed by atoms with van der Waals surface area (Å²) in [4.78, 5) is 0. The zero-order valence-electron chi connectivity index (χ0n) is 18.0. The zero-order chi connectivity index (χ0) is 20.9. The molecule has 0 radical (unpaired) electrons. The van der Waals surface area contributed by atoms with Gasteiger partial charge in [0.05, 0.1) is 0 Å². The number of hydrogen-bond acceptors (Lipinski definition) is 1. The van der Waals surface area contributed by atoms with E-state index < -0.39 is 0 Å². The second kappa shape index (κ2) is 9.17. The molecule has 1 saturated carbocycles. The third kappa shape index (κ3) is 4.41. The average Bonchev–Trinajstić information content (AvgIpc) is 2.78. The lowest BCUT2D eigenvalue weighted by Gasteiger charge is -2.27. The Morgan fingerprint density at radius 3 is 1.93 bits per heavy atom. The molecule has 152 valence electrons. The standard InChI is InChI=1S/C29H31N/c1-21-25(19-23-11-5-3-6-12-23)15-9-17-27(21)22(2)28-18-10-16-26(29(28)30)20-24-13-7-4-8-14-24/h3-8,11-14,19-20H,1,9-10,15-18,30H2,2H3/b25-19+,26-20+,27-22-. The van der Waals surface area contributed by atoms with Gasteiger partial charge in [0.25, 0.3) is 0 Å². The van der Waals surface area contributed by atoms with Crippen molar-refractivity contribution in [3.05, 3.63) is 118 Å². The molecule has 0 aliphatic heterocycles. The maximum absolute atomic E-state index is 6.72. The van der Waals surface area contributed by atoms with Crippen LogP contribution in [0.15, 0.2) is 106 Å². The van der Waals surface area contributed by atoms with E-state index >= 15 is 0 Å². The second-order valence-electron chi connectivity index (χ2n) is 8.34. The number of rotatable bonds is 3. The molecule has 0 unspecified atom stereocenters. The molecule has 0 bridgehead atoms. The SMILES string of the molecule is C=C1/C(=C(/C)C2=C(N)/C(=C/c3ccccc3)CCC2)CCC/C1=C\c1ccccc1. The molecular weight excluding hydrogens is 362 g/mol. The van der Waals surface area contributed by atoms with Crippen LogP contribution in [0.3, 0.4) is 0 Å². The summed E-state index contributed by atoms with van der Waals surface area (Å²) >= 11 is 0. The first-order chi connectivity index (χ1) is 14.6.